The molecule has 0 saturated heterocycles. The van der Waals surface area contributed by atoms with E-state index in [0.717, 1.165) is 54.0 Å². The van der Waals surface area contributed by atoms with Gasteiger partial charge in [-0.1, -0.05) is 31.8 Å². The summed E-state index contributed by atoms with van der Waals surface area (Å²) < 4.78 is 5.51. The molecule has 1 fully saturated rings. The molecule has 0 aromatic carbocycles. The zero-order valence-corrected chi connectivity index (χ0v) is 20.6. The van der Waals surface area contributed by atoms with Gasteiger partial charge in [-0.05, 0) is 45.3 Å². The quantitative estimate of drug-likeness (QED) is 0.490. The van der Waals surface area contributed by atoms with Gasteiger partial charge < -0.3 is 14.8 Å². The summed E-state index contributed by atoms with van der Waals surface area (Å²) in [6.07, 6.45) is 4.17. The molecule has 1 aliphatic carbocycles. The van der Waals surface area contributed by atoms with E-state index < -0.39 is 5.54 Å². The fraction of sp³-hybridized carbons (Fsp3) is 0.609. The van der Waals surface area contributed by atoms with Crippen LogP contribution >= 0.6 is 11.3 Å². The zero-order chi connectivity index (χ0) is 23.6. The smallest absolute Gasteiger partial charge is 0.259 e. The molecule has 4 rings (SSSR count). The molecule has 0 radical (unpaired) electrons. The molecule has 0 bridgehead atoms. The Labute approximate surface area is 197 Å². The van der Waals surface area contributed by atoms with Gasteiger partial charge in [-0.3, -0.25) is 14.5 Å². The Hall–Kier alpha value is -2.59. The number of aryl methyl sites for hydroxylation is 3. The number of nitrogens with one attached hydrogen (secondary N) is 2. The van der Waals surface area contributed by atoms with E-state index in [1.54, 1.807) is 0 Å². The SMILES string of the molecule is CCN(CC)Cc1nc(C2(NC(=O)CCc3nc4sc(C)c(C)c4c(=O)[nH]3)CCCC2)no1. The standard InChI is InChI=1S/C23H32N6O3S/c1-5-29(6-2)13-18-26-22(28-32-18)23(11-7-8-12-23)27-17(30)10-9-16-24-20(31)19-14(3)15(4)33-21(19)25-16/h5-13H2,1-4H3,(H,27,30)(H,24,25,31). The summed E-state index contributed by atoms with van der Waals surface area (Å²) in [7, 11) is 0. The summed E-state index contributed by atoms with van der Waals surface area (Å²) in [5.41, 5.74) is 0.239. The van der Waals surface area contributed by atoms with Gasteiger partial charge in [0.15, 0.2) is 5.82 Å². The van der Waals surface area contributed by atoms with Crippen LogP contribution in [0.5, 0.6) is 0 Å². The molecule has 1 aliphatic rings. The van der Waals surface area contributed by atoms with Crippen molar-refractivity contribution in [1.82, 2.24) is 30.3 Å². The first kappa shape index (κ1) is 23.6. The lowest BCUT2D eigenvalue weighted by Gasteiger charge is -2.26. The Balaban J connectivity index is 1.45. The van der Waals surface area contributed by atoms with E-state index in [1.165, 1.54) is 11.3 Å². The van der Waals surface area contributed by atoms with Gasteiger partial charge in [0.2, 0.25) is 11.8 Å². The first-order valence-corrected chi connectivity index (χ1v) is 12.5. The van der Waals surface area contributed by atoms with Crippen molar-refractivity contribution < 1.29 is 9.32 Å². The highest BCUT2D eigenvalue weighted by Gasteiger charge is 2.41. The Morgan fingerprint density at radius 1 is 1.21 bits per heavy atom. The third-order valence-electron chi connectivity index (χ3n) is 6.66. The highest BCUT2D eigenvalue weighted by molar-refractivity contribution is 7.18. The van der Waals surface area contributed by atoms with Gasteiger partial charge in [0, 0.05) is 17.7 Å². The minimum Gasteiger partial charge on any atom is -0.343 e. The van der Waals surface area contributed by atoms with Crippen molar-refractivity contribution in [3.8, 4) is 0 Å². The Kier molecular flexibility index (Phi) is 6.94. The summed E-state index contributed by atoms with van der Waals surface area (Å²) in [6, 6.07) is 0. The lowest BCUT2D eigenvalue weighted by molar-refractivity contribution is -0.123. The third kappa shape index (κ3) is 4.86. The summed E-state index contributed by atoms with van der Waals surface area (Å²) in [5, 5.41) is 8.06. The third-order valence-corrected chi connectivity index (χ3v) is 7.76. The summed E-state index contributed by atoms with van der Waals surface area (Å²) >= 11 is 1.51. The largest absolute Gasteiger partial charge is 0.343 e. The van der Waals surface area contributed by atoms with Crippen LogP contribution in [0.2, 0.25) is 0 Å². The number of thiophene rings is 1. The van der Waals surface area contributed by atoms with Gasteiger partial charge >= 0.3 is 0 Å². The molecule has 3 aromatic heterocycles. The number of carbonyl (C=O) groups excluding carboxylic acids is 1. The highest BCUT2D eigenvalue weighted by Crippen LogP contribution is 2.37. The highest BCUT2D eigenvalue weighted by atomic mass is 32.1. The molecule has 3 heterocycles. The fourth-order valence-corrected chi connectivity index (χ4v) is 5.56. The van der Waals surface area contributed by atoms with Crippen molar-refractivity contribution in [2.24, 2.45) is 0 Å². The topological polar surface area (TPSA) is 117 Å². The second-order valence-corrected chi connectivity index (χ2v) is 9.99. The van der Waals surface area contributed by atoms with Crippen molar-refractivity contribution >= 4 is 27.5 Å². The predicted octanol–water partition coefficient (Wildman–Crippen LogP) is 3.34. The number of aromatic amines is 1. The average molecular weight is 473 g/mol. The number of hydrogen-bond acceptors (Lipinski definition) is 8. The number of amides is 1. The number of H-pyrrole nitrogens is 1. The minimum atomic E-state index is -0.588. The van der Waals surface area contributed by atoms with Crippen LogP contribution in [-0.4, -0.2) is 44.0 Å². The van der Waals surface area contributed by atoms with Crippen LogP contribution in [0.25, 0.3) is 10.2 Å². The molecule has 0 atom stereocenters. The van der Waals surface area contributed by atoms with Crippen molar-refractivity contribution in [3.05, 3.63) is 38.3 Å². The molecule has 0 aliphatic heterocycles. The number of fused-ring (bicyclic) bond motifs is 1. The normalized spacial score (nSPS) is 15.5. The molecule has 0 spiro atoms. The molecule has 178 valence electrons. The number of carbonyl (C=O) groups is 1. The van der Waals surface area contributed by atoms with Crippen LogP contribution < -0.4 is 10.9 Å². The number of aromatic nitrogens is 4. The van der Waals surface area contributed by atoms with Gasteiger partial charge in [0.05, 0.1) is 11.9 Å². The molecule has 33 heavy (non-hydrogen) atoms. The predicted molar refractivity (Wildman–Crippen MR) is 127 cm³/mol. The number of nitrogens with zero attached hydrogens (tertiary/aromatic N) is 4. The maximum atomic E-state index is 12.9. The summed E-state index contributed by atoms with van der Waals surface area (Å²) in [6.45, 7) is 10.5. The molecule has 3 aromatic rings. The van der Waals surface area contributed by atoms with Crippen LogP contribution in [0, 0.1) is 13.8 Å². The van der Waals surface area contributed by atoms with E-state index in [2.05, 4.69) is 44.2 Å². The van der Waals surface area contributed by atoms with Crippen molar-refractivity contribution in [2.45, 2.75) is 78.3 Å². The molecule has 0 unspecified atom stereocenters. The summed E-state index contributed by atoms with van der Waals surface area (Å²) in [5.74, 6) is 1.57. The Morgan fingerprint density at radius 3 is 2.64 bits per heavy atom. The Bertz CT molecular complexity index is 1190. The monoisotopic (exact) mass is 472 g/mol. The molecule has 9 nitrogen and oxygen atoms in total. The number of rotatable bonds is 9. The maximum Gasteiger partial charge on any atom is 0.259 e. The zero-order valence-electron chi connectivity index (χ0n) is 19.8. The molecule has 1 saturated carbocycles. The van der Waals surface area contributed by atoms with Gasteiger partial charge in [-0.2, -0.15) is 4.98 Å². The lowest BCUT2D eigenvalue weighted by Crippen LogP contribution is -2.44. The number of hydrogen-bond donors (Lipinski definition) is 2. The fourth-order valence-electron chi connectivity index (χ4n) is 4.51. The van der Waals surface area contributed by atoms with E-state index in [0.29, 0.717) is 35.9 Å². The van der Waals surface area contributed by atoms with Gasteiger partial charge in [0.1, 0.15) is 16.2 Å². The first-order chi connectivity index (χ1) is 15.8. The van der Waals surface area contributed by atoms with E-state index in [-0.39, 0.29) is 17.9 Å². The lowest BCUT2D eigenvalue weighted by atomic mass is 9.96. The van der Waals surface area contributed by atoms with Crippen LogP contribution in [0.3, 0.4) is 0 Å². The average Bonchev–Trinajstić information content (AvgIpc) is 3.51. The second kappa shape index (κ2) is 9.72. The molecule has 2 N–H and O–H groups in total. The van der Waals surface area contributed by atoms with E-state index in [4.69, 9.17) is 4.52 Å². The van der Waals surface area contributed by atoms with E-state index >= 15 is 0 Å². The van der Waals surface area contributed by atoms with E-state index in [1.807, 2.05) is 13.8 Å². The van der Waals surface area contributed by atoms with Gasteiger partial charge in [-0.25, -0.2) is 4.98 Å². The van der Waals surface area contributed by atoms with Crippen molar-refractivity contribution in [1.29, 1.82) is 0 Å². The molecule has 1 amide bonds. The Morgan fingerprint density at radius 2 is 1.94 bits per heavy atom. The maximum absolute atomic E-state index is 12.9. The van der Waals surface area contributed by atoms with E-state index in [9.17, 15) is 9.59 Å². The van der Waals surface area contributed by atoms with Gasteiger partial charge in [-0.15, -0.1) is 11.3 Å². The molecular weight excluding hydrogens is 440 g/mol. The van der Waals surface area contributed by atoms with Crippen LogP contribution in [0.1, 0.15) is 73.9 Å². The van der Waals surface area contributed by atoms with Crippen LogP contribution in [0.15, 0.2) is 9.32 Å². The van der Waals surface area contributed by atoms with Crippen molar-refractivity contribution in [2.75, 3.05) is 13.1 Å². The summed E-state index contributed by atoms with van der Waals surface area (Å²) in [4.78, 5) is 41.5. The van der Waals surface area contributed by atoms with Crippen molar-refractivity contribution in [3.63, 3.8) is 0 Å². The second-order valence-electron chi connectivity index (χ2n) is 8.79. The van der Waals surface area contributed by atoms with Crippen LogP contribution in [-0.2, 0) is 23.3 Å². The van der Waals surface area contributed by atoms with Crippen LogP contribution in [0.4, 0.5) is 0 Å². The minimum absolute atomic E-state index is 0.103. The molecule has 10 heteroatoms. The van der Waals surface area contributed by atoms with Gasteiger partial charge in [0.25, 0.3) is 5.56 Å². The first-order valence-electron chi connectivity index (χ1n) is 11.7. The molecular formula is C23H32N6O3S.